The number of quaternary nitrogens is 1. The first kappa shape index (κ1) is 27.9. The van der Waals surface area contributed by atoms with Crippen molar-refractivity contribution >= 4 is 17.6 Å². The molecule has 0 aliphatic heterocycles. The van der Waals surface area contributed by atoms with Crippen LogP contribution in [0.4, 0.5) is 0 Å². The van der Waals surface area contributed by atoms with Gasteiger partial charge < -0.3 is 9.59 Å². The van der Waals surface area contributed by atoms with Crippen molar-refractivity contribution in [2.75, 3.05) is 32.1 Å². The van der Waals surface area contributed by atoms with Crippen LogP contribution in [0, 0.1) is 0 Å². The second-order valence-electron chi connectivity index (χ2n) is 7.59. The first-order valence-electron chi connectivity index (χ1n) is 11.1. The Bertz CT molecular complexity index is 276. The van der Waals surface area contributed by atoms with E-state index in [4.69, 9.17) is 16.7 Å². The van der Waals surface area contributed by atoms with Gasteiger partial charge in [-0.15, -0.1) is 11.6 Å². The predicted molar refractivity (Wildman–Crippen MR) is 116 cm³/mol. The van der Waals surface area contributed by atoms with Crippen molar-refractivity contribution in [3.63, 3.8) is 0 Å². The van der Waals surface area contributed by atoms with Gasteiger partial charge in [0, 0.05) is 0 Å². The van der Waals surface area contributed by atoms with Crippen LogP contribution in [0.1, 0.15) is 105 Å². The lowest BCUT2D eigenvalue weighted by Gasteiger charge is -2.39. The van der Waals surface area contributed by atoms with Crippen LogP contribution in [-0.4, -0.2) is 47.6 Å². The number of hydrogen-bond acceptors (Lipinski definition) is 1. The summed E-state index contributed by atoms with van der Waals surface area (Å²) in [4.78, 5) is 9.24. The van der Waals surface area contributed by atoms with Crippen LogP contribution in [0.5, 0.6) is 0 Å². The van der Waals surface area contributed by atoms with Gasteiger partial charge in [0.15, 0.2) is 0 Å². The maximum absolute atomic E-state index is 9.24. The summed E-state index contributed by atoms with van der Waals surface area (Å²) in [7, 11) is 0. The first-order chi connectivity index (χ1) is 12.5. The molecule has 0 aliphatic rings. The van der Waals surface area contributed by atoms with Crippen LogP contribution in [0.2, 0.25) is 0 Å². The fraction of sp³-hybridized carbons (Fsp3) is 0.955. The third-order valence-corrected chi connectivity index (χ3v) is 5.29. The Morgan fingerprint density at radius 2 is 0.962 bits per heavy atom. The summed E-state index contributed by atoms with van der Waals surface area (Å²) in [6.45, 7) is 15.1. The Hall–Kier alpha value is -0.280. The van der Waals surface area contributed by atoms with E-state index < -0.39 is 5.97 Å². The largest absolute Gasteiger partial charge is 0.480 e. The zero-order valence-electron chi connectivity index (χ0n) is 18.2. The molecule has 0 atom stereocenters. The minimum Gasteiger partial charge on any atom is -0.480 e. The quantitative estimate of drug-likeness (QED) is 0.166. The van der Waals surface area contributed by atoms with E-state index in [1.165, 1.54) is 108 Å². The zero-order valence-corrected chi connectivity index (χ0v) is 19.0. The predicted octanol–water partition coefficient (Wildman–Crippen LogP) is 6.87. The molecule has 158 valence electrons. The summed E-state index contributed by atoms with van der Waals surface area (Å²) in [5, 5.41) is 7.59. The molecule has 0 aliphatic carbocycles. The number of carbonyl (C=O) groups is 1. The van der Waals surface area contributed by atoms with Crippen molar-refractivity contribution in [3.8, 4) is 0 Å². The van der Waals surface area contributed by atoms with Crippen molar-refractivity contribution in [1.82, 2.24) is 0 Å². The Balaban J connectivity index is 0. The second kappa shape index (κ2) is 21.0. The number of alkyl halides is 1. The van der Waals surface area contributed by atoms with E-state index in [9.17, 15) is 4.79 Å². The summed E-state index contributed by atoms with van der Waals surface area (Å²) in [5.74, 6) is -1.29. The van der Waals surface area contributed by atoms with Gasteiger partial charge in [0.05, 0.1) is 26.2 Å². The SMILES string of the molecule is CCCCCCCC[N+](CCCC)(CCCC)CCCC.O=C(O)CCl. The minimum absolute atomic E-state index is 0.306. The topological polar surface area (TPSA) is 37.3 Å². The van der Waals surface area contributed by atoms with Crippen molar-refractivity contribution in [1.29, 1.82) is 0 Å². The molecule has 0 rings (SSSR count). The Kier molecular flexibility index (Phi) is 22.6. The van der Waals surface area contributed by atoms with E-state index in [-0.39, 0.29) is 5.88 Å². The number of unbranched alkanes of at least 4 members (excludes halogenated alkanes) is 8. The van der Waals surface area contributed by atoms with Crippen LogP contribution in [0.25, 0.3) is 0 Å². The minimum atomic E-state index is -0.980. The number of aliphatic carboxylic acids is 1. The summed E-state index contributed by atoms with van der Waals surface area (Å²) in [6, 6.07) is 0. The summed E-state index contributed by atoms with van der Waals surface area (Å²) >= 11 is 4.74. The molecule has 0 bridgehead atoms. The highest BCUT2D eigenvalue weighted by Crippen LogP contribution is 2.17. The molecule has 0 aromatic rings. The Labute approximate surface area is 169 Å². The number of hydrogen-bond donors (Lipinski definition) is 1. The molecule has 26 heavy (non-hydrogen) atoms. The van der Waals surface area contributed by atoms with E-state index in [0.29, 0.717) is 0 Å². The second-order valence-corrected chi connectivity index (χ2v) is 7.86. The molecule has 0 aromatic carbocycles. The van der Waals surface area contributed by atoms with Gasteiger partial charge in [-0.25, -0.2) is 0 Å². The Morgan fingerprint density at radius 1 is 0.654 bits per heavy atom. The molecule has 0 heterocycles. The van der Waals surface area contributed by atoms with E-state index in [1.807, 2.05) is 0 Å². The number of rotatable bonds is 17. The van der Waals surface area contributed by atoms with Crippen LogP contribution >= 0.6 is 11.6 Å². The molecule has 1 N–H and O–H groups in total. The maximum atomic E-state index is 9.24. The van der Waals surface area contributed by atoms with Crippen LogP contribution in [0.15, 0.2) is 0 Å². The fourth-order valence-electron chi connectivity index (χ4n) is 3.38. The molecule has 0 aromatic heterocycles. The van der Waals surface area contributed by atoms with Gasteiger partial charge in [0.25, 0.3) is 0 Å². The average molecular weight is 393 g/mol. The third kappa shape index (κ3) is 18.5. The lowest BCUT2D eigenvalue weighted by molar-refractivity contribution is -0.929. The first-order valence-corrected chi connectivity index (χ1v) is 11.7. The van der Waals surface area contributed by atoms with Gasteiger partial charge in [0.2, 0.25) is 0 Å². The van der Waals surface area contributed by atoms with Gasteiger partial charge in [-0.05, 0) is 32.1 Å². The molecule has 0 saturated carbocycles. The summed E-state index contributed by atoms with van der Waals surface area (Å²) < 4.78 is 1.43. The lowest BCUT2D eigenvalue weighted by Crippen LogP contribution is -2.50. The maximum Gasteiger partial charge on any atom is 0.318 e. The average Bonchev–Trinajstić information content (AvgIpc) is 2.65. The molecule has 4 heteroatoms. The lowest BCUT2D eigenvalue weighted by atomic mass is 10.1. The monoisotopic (exact) mass is 392 g/mol. The van der Waals surface area contributed by atoms with Crippen LogP contribution in [-0.2, 0) is 4.79 Å². The number of carboxylic acids is 1. The summed E-state index contributed by atoms with van der Waals surface area (Å²) in [5.41, 5.74) is 0. The molecule has 0 radical (unpaired) electrons. The molecule has 0 saturated heterocycles. The van der Waals surface area contributed by atoms with E-state index >= 15 is 0 Å². The normalized spacial score (nSPS) is 11.1. The van der Waals surface area contributed by atoms with Gasteiger partial charge in [-0.1, -0.05) is 72.6 Å². The standard InChI is InChI=1S/C20H44N.C2H3ClO2/c1-5-9-13-14-15-16-20-21(17-10-6-2,18-11-7-3)19-12-8-4;3-1-2(4)5/h5-20H2,1-4H3;1H2,(H,4,5)/q+1;. The number of carboxylic acid groups (broad SMARTS) is 1. The fourth-order valence-corrected chi connectivity index (χ4v) is 3.38. The highest BCUT2D eigenvalue weighted by molar-refractivity contribution is 6.26. The van der Waals surface area contributed by atoms with Crippen molar-refractivity contribution in [2.45, 2.75) is 105 Å². The van der Waals surface area contributed by atoms with Gasteiger partial charge in [-0.2, -0.15) is 0 Å². The smallest absolute Gasteiger partial charge is 0.318 e. The van der Waals surface area contributed by atoms with Gasteiger partial charge in [0.1, 0.15) is 5.88 Å². The Morgan fingerprint density at radius 3 is 1.31 bits per heavy atom. The molecule has 0 amide bonds. The van der Waals surface area contributed by atoms with Crippen molar-refractivity contribution in [2.24, 2.45) is 0 Å². The highest BCUT2D eigenvalue weighted by atomic mass is 35.5. The van der Waals surface area contributed by atoms with E-state index in [0.717, 1.165) is 0 Å². The highest BCUT2D eigenvalue weighted by Gasteiger charge is 2.24. The van der Waals surface area contributed by atoms with Crippen LogP contribution in [0.3, 0.4) is 0 Å². The van der Waals surface area contributed by atoms with E-state index in [1.54, 1.807) is 0 Å². The molecule has 0 fully saturated rings. The van der Waals surface area contributed by atoms with Gasteiger partial charge >= 0.3 is 5.97 Å². The molecular formula is C22H47ClNO2+. The molecular weight excluding hydrogens is 346 g/mol. The number of nitrogens with zero attached hydrogens (tertiary/aromatic N) is 1. The van der Waals surface area contributed by atoms with Crippen molar-refractivity contribution < 1.29 is 14.4 Å². The van der Waals surface area contributed by atoms with E-state index in [2.05, 4.69) is 27.7 Å². The van der Waals surface area contributed by atoms with Crippen molar-refractivity contribution in [3.05, 3.63) is 0 Å². The third-order valence-electron chi connectivity index (χ3n) is 5.06. The van der Waals surface area contributed by atoms with Gasteiger partial charge in [-0.3, -0.25) is 4.79 Å². The molecule has 3 nitrogen and oxygen atoms in total. The van der Waals surface area contributed by atoms with Crippen LogP contribution < -0.4 is 0 Å². The molecule has 0 unspecified atom stereocenters. The summed E-state index contributed by atoms with van der Waals surface area (Å²) in [6.07, 6.45) is 17.0. The zero-order chi connectivity index (χ0) is 20.1. The number of halogens is 1. The molecule has 0 spiro atoms.